The van der Waals surface area contributed by atoms with Crippen molar-refractivity contribution in [3.8, 4) is 5.75 Å². The van der Waals surface area contributed by atoms with Gasteiger partial charge in [-0.2, -0.15) is 0 Å². The minimum atomic E-state index is -2.64. The van der Waals surface area contributed by atoms with E-state index in [2.05, 4.69) is 0 Å². The third kappa shape index (κ3) is 3.22. The number of carbonyl (C=O) groups is 3. The van der Waals surface area contributed by atoms with Gasteiger partial charge in [0.1, 0.15) is 22.8 Å². The van der Waals surface area contributed by atoms with Gasteiger partial charge >= 0.3 is 0 Å². The molecule has 0 saturated heterocycles. The van der Waals surface area contributed by atoms with Crippen molar-refractivity contribution in [2.75, 3.05) is 33.1 Å². The van der Waals surface area contributed by atoms with E-state index in [0.717, 1.165) is 11.1 Å². The smallest absolute Gasteiger partial charge is 0.255 e. The number of nitrogens with two attached hydrogens (primary N) is 1. The number of aliphatic hydroxyl groups excluding tert-OH is 2. The van der Waals surface area contributed by atoms with Gasteiger partial charge in [-0.3, -0.25) is 19.3 Å². The predicted molar refractivity (Wildman–Crippen MR) is 136 cm³/mol. The van der Waals surface area contributed by atoms with Gasteiger partial charge in [-0.05, 0) is 62.0 Å². The minimum Gasteiger partial charge on any atom is -0.510 e. The lowest BCUT2D eigenvalue weighted by Crippen LogP contribution is -2.63. The van der Waals surface area contributed by atoms with Gasteiger partial charge in [-0.15, -0.1) is 0 Å². The van der Waals surface area contributed by atoms with Crippen LogP contribution in [-0.4, -0.2) is 82.6 Å². The van der Waals surface area contributed by atoms with Gasteiger partial charge < -0.3 is 31.1 Å². The molecule has 10 heteroatoms. The van der Waals surface area contributed by atoms with E-state index in [0.29, 0.717) is 10.9 Å². The fraction of sp³-hybridized carbons (Fsp3) is 0.370. The summed E-state index contributed by atoms with van der Waals surface area (Å²) in [4.78, 5) is 42.6. The number of likely N-dealkylation sites (N-methyl/N-ethyl adjacent to an activating group) is 1. The highest BCUT2D eigenvalue weighted by Gasteiger charge is 2.63. The van der Waals surface area contributed by atoms with Crippen molar-refractivity contribution < 1.29 is 34.8 Å². The van der Waals surface area contributed by atoms with Crippen LogP contribution >= 0.6 is 0 Å². The molecule has 194 valence electrons. The molecule has 3 aliphatic carbocycles. The summed E-state index contributed by atoms with van der Waals surface area (Å²) in [5.74, 6) is -6.53. The zero-order valence-corrected chi connectivity index (χ0v) is 20.9. The average molecular weight is 508 g/mol. The van der Waals surface area contributed by atoms with Crippen molar-refractivity contribution in [3.05, 3.63) is 58.1 Å². The van der Waals surface area contributed by atoms with E-state index in [4.69, 9.17) is 5.73 Å². The third-order valence-corrected chi connectivity index (χ3v) is 8.03. The molecule has 4 atom stereocenters. The van der Waals surface area contributed by atoms with Gasteiger partial charge in [0.15, 0.2) is 11.4 Å². The van der Waals surface area contributed by atoms with Crippen LogP contribution in [0.4, 0.5) is 5.69 Å². The molecule has 0 aromatic heterocycles. The number of fused-ring (bicyclic) bond motifs is 4. The largest absolute Gasteiger partial charge is 0.510 e. The summed E-state index contributed by atoms with van der Waals surface area (Å²) < 4.78 is 0. The van der Waals surface area contributed by atoms with E-state index in [-0.39, 0.29) is 29.7 Å². The summed E-state index contributed by atoms with van der Waals surface area (Å²) >= 11 is 0. The van der Waals surface area contributed by atoms with E-state index in [1.54, 1.807) is 20.2 Å². The lowest BCUT2D eigenvalue weighted by molar-refractivity contribution is -0.148. The Balaban J connectivity index is 1.72. The molecule has 2 aromatic carbocycles. The first-order chi connectivity index (χ1) is 17.3. The number of hydrogen-bond acceptors (Lipinski definition) is 9. The number of phenols is 1. The summed E-state index contributed by atoms with van der Waals surface area (Å²) in [5, 5.41) is 46.1. The molecule has 0 bridgehead atoms. The molecule has 0 aliphatic heterocycles. The first-order valence-electron chi connectivity index (χ1n) is 11.9. The van der Waals surface area contributed by atoms with Gasteiger partial charge in [-0.1, -0.05) is 6.07 Å². The molecule has 0 spiro atoms. The van der Waals surface area contributed by atoms with Crippen molar-refractivity contribution in [1.82, 2.24) is 4.90 Å². The highest BCUT2D eigenvalue weighted by molar-refractivity contribution is 6.25. The normalized spacial score (nSPS) is 27.4. The lowest BCUT2D eigenvalue weighted by Gasteiger charge is -2.50. The molecule has 37 heavy (non-hydrogen) atoms. The Bertz CT molecular complexity index is 1470. The quantitative estimate of drug-likeness (QED) is 0.386. The third-order valence-electron chi connectivity index (χ3n) is 8.03. The molecule has 0 unspecified atom stereocenters. The van der Waals surface area contributed by atoms with E-state index in [9.17, 15) is 34.8 Å². The van der Waals surface area contributed by atoms with E-state index >= 15 is 0 Å². The van der Waals surface area contributed by atoms with Crippen molar-refractivity contribution in [2.45, 2.75) is 24.5 Å². The number of anilines is 1. The Labute approximate surface area is 212 Å². The Morgan fingerprint density at radius 2 is 1.76 bits per heavy atom. The van der Waals surface area contributed by atoms with Crippen LogP contribution in [0, 0.1) is 11.8 Å². The zero-order chi connectivity index (χ0) is 27.1. The highest BCUT2D eigenvalue weighted by Crippen LogP contribution is 2.52. The number of rotatable bonds is 3. The topological polar surface area (TPSA) is 165 Å². The van der Waals surface area contributed by atoms with Crippen LogP contribution in [0.15, 0.2) is 46.9 Å². The molecule has 0 heterocycles. The number of ketones is 2. The number of amides is 1. The molecule has 0 radical (unpaired) electrons. The maximum atomic E-state index is 13.7. The molecular weight excluding hydrogens is 478 g/mol. The number of allylic oxidation sites excluding steroid dienone is 1. The van der Waals surface area contributed by atoms with Gasteiger partial charge in [-0.25, -0.2) is 0 Å². The van der Waals surface area contributed by atoms with E-state index < -0.39 is 58.0 Å². The van der Waals surface area contributed by atoms with Crippen LogP contribution in [0.25, 0.3) is 10.8 Å². The summed E-state index contributed by atoms with van der Waals surface area (Å²) in [5.41, 5.74) is 3.23. The molecule has 2 aromatic rings. The SMILES string of the molecule is CN(C)c1ccc2c(O)c3c(cc2c1)C[C@H]1C[C@H]2[C@H](N(C)C)C(O)=C(C(N)=O)C(=O)[C@@]2(O)C(O)=C1C3=O. The molecular formula is C27H29N3O7. The monoisotopic (exact) mass is 507 g/mol. The highest BCUT2D eigenvalue weighted by atomic mass is 16.3. The zero-order valence-electron chi connectivity index (χ0n) is 20.9. The van der Waals surface area contributed by atoms with Crippen LogP contribution in [0.3, 0.4) is 0 Å². The number of phenolic OH excluding ortho intramolecular Hbond substituents is 1. The van der Waals surface area contributed by atoms with Crippen molar-refractivity contribution in [1.29, 1.82) is 0 Å². The first-order valence-corrected chi connectivity index (χ1v) is 11.9. The standard InChI is InChI=1S/C27H29N3O7/c1-29(2)14-5-6-15-11(9-14)7-12-8-13-10-16-20(30(3)4)23(33)19(26(28)36)25(35)27(16,37)24(34)18(13)22(32)17(12)21(15)31/h5-7,9,13,16,20,31,33-34,37H,8,10H2,1-4H3,(H2,28,36)/t13-,16-,20-,27-/m0/s1. The summed E-state index contributed by atoms with van der Waals surface area (Å²) in [6.45, 7) is 0. The summed E-state index contributed by atoms with van der Waals surface area (Å²) in [6.07, 6.45) is 0.312. The van der Waals surface area contributed by atoms with Gasteiger partial charge in [0.25, 0.3) is 5.91 Å². The maximum absolute atomic E-state index is 13.7. The van der Waals surface area contributed by atoms with Crippen LogP contribution in [0.2, 0.25) is 0 Å². The number of nitrogens with zero attached hydrogens (tertiary/aromatic N) is 2. The van der Waals surface area contributed by atoms with Crippen LogP contribution in [0.5, 0.6) is 5.75 Å². The molecule has 6 N–H and O–H groups in total. The Morgan fingerprint density at radius 1 is 1.08 bits per heavy atom. The Kier molecular flexibility index (Phi) is 5.40. The number of carbonyl (C=O) groups excluding carboxylic acids is 3. The van der Waals surface area contributed by atoms with Crippen molar-refractivity contribution >= 4 is 33.9 Å². The summed E-state index contributed by atoms with van der Waals surface area (Å²) in [7, 11) is 6.98. The molecule has 10 nitrogen and oxygen atoms in total. The van der Waals surface area contributed by atoms with Crippen molar-refractivity contribution in [3.63, 3.8) is 0 Å². The Morgan fingerprint density at radius 3 is 2.35 bits per heavy atom. The fourth-order valence-electron chi connectivity index (χ4n) is 6.29. The van der Waals surface area contributed by atoms with Gasteiger partial charge in [0, 0.05) is 36.7 Å². The van der Waals surface area contributed by atoms with Crippen LogP contribution in [-0.2, 0) is 16.0 Å². The number of primary amides is 1. The number of aliphatic hydroxyl groups is 3. The molecule has 5 rings (SSSR count). The lowest BCUT2D eigenvalue weighted by atomic mass is 9.58. The minimum absolute atomic E-state index is 0.00545. The molecule has 0 saturated carbocycles. The first kappa shape index (κ1) is 24.8. The van der Waals surface area contributed by atoms with E-state index in [1.807, 2.05) is 37.2 Å². The van der Waals surface area contributed by atoms with Gasteiger partial charge in [0.05, 0.1) is 11.6 Å². The predicted octanol–water partition coefficient (Wildman–Crippen LogP) is 1.34. The maximum Gasteiger partial charge on any atom is 0.255 e. The van der Waals surface area contributed by atoms with Crippen molar-refractivity contribution in [2.24, 2.45) is 17.6 Å². The molecule has 0 fully saturated rings. The fourth-order valence-corrected chi connectivity index (χ4v) is 6.29. The van der Waals surface area contributed by atoms with E-state index in [1.165, 1.54) is 4.90 Å². The molecule has 3 aliphatic rings. The number of Topliss-reactive ketones (excluding diaryl/α,β-unsaturated/α-hetero) is 2. The number of benzene rings is 2. The average Bonchev–Trinajstić information content (AvgIpc) is 2.80. The second kappa shape index (κ2) is 8.06. The Hall–Kier alpha value is -3.89. The number of hydrogen-bond donors (Lipinski definition) is 5. The summed E-state index contributed by atoms with van der Waals surface area (Å²) in [6, 6.07) is 6.23. The number of aromatic hydroxyl groups is 1. The van der Waals surface area contributed by atoms with Gasteiger partial charge in [0.2, 0.25) is 5.78 Å². The second-order valence-corrected chi connectivity index (χ2v) is 10.5. The van der Waals surface area contributed by atoms with Crippen LogP contribution < -0.4 is 10.6 Å². The van der Waals surface area contributed by atoms with Crippen LogP contribution in [0.1, 0.15) is 22.3 Å². The molecule has 1 amide bonds. The second-order valence-electron chi connectivity index (χ2n) is 10.5.